The van der Waals surface area contributed by atoms with Gasteiger partial charge in [0, 0.05) is 28.7 Å². The summed E-state index contributed by atoms with van der Waals surface area (Å²) in [4.78, 5) is 11.9. The van der Waals surface area contributed by atoms with E-state index in [1.54, 1.807) is 6.92 Å². The molecule has 0 aliphatic heterocycles. The quantitative estimate of drug-likeness (QED) is 0.758. The number of Topliss-reactive ketones (excluding diaryl/α,β-unsaturated/α-hetero) is 1. The number of rotatable bonds is 5. The van der Waals surface area contributed by atoms with Crippen molar-refractivity contribution < 1.29 is 9.53 Å². The SMILES string of the molecule is CC[C@H](C)Oc1ccc2c(c1)c(C(C)=O)c(C)n2CC. The van der Waals surface area contributed by atoms with Crippen molar-refractivity contribution >= 4 is 16.7 Å². The average molecular weight is 273 g/mol. The zero-order valence-corrected chi connectivity index (χ0v) is 13.0. The second-order valence-electron chi connectivity index (χ2n) is 5.28. The summed E-state index contributed by atoms with van der Waals surface area (Å²) in [5.41, 5.74) is 2.96. The Morgan fingerprint density at radius 1 is 1.35 bits per heavy atom. The number of hydrogen-bond donors (Lipinski definition) is 0. The molecule has 1 aromatic heterocycles. The second kappa shape index (κ2) is 5.70. The third-order valence-corrected chi connectivity index (χ3v) is 3.88. The average Bonchev–Trinajstić information content (AvgIpc) is 2.69. The summed E-state index contributed by atoms with van der Waals surface area (Å²) in [5.74, 6) is 0.947. The van der Waals surface area contributed by atoms with E-state index in [1.165, 1.54) is 0 Å². The Labute approximate surface area is 120 Å². The smallest absolute Gasteiger partial charge is 0.162 e. The van der Waals surface area contributed by atoms with Crippen LogP contribution in [0.2, 0.25) is 0 Å². The van der Waals surface area contributed by atoms with E-state index < -0.39 is 0 Å². The third-order valence-electron chi connectivity index (χ3n) is 3.88. The number of aryl methyl sites for hydroxylation is 1. The van der Waals surface area contributed by atoms with Crippen LogP contribution in [0.1, 0.15) is 50.2 Å². The van der Waals surface area contributed by atoms with Crippen LogP contribution in [0.15, 0.2) is 18.2 Å². The molecule has 0 spiro atoms. The molecule has 0 N–H and O–H groups in total. The fourth-order valence-corrected chi connectivity index (χ4v) is 2.70. The van der Waals surface area contributed by atoms with E-state index in [0.717, 1.165) is 40.9 Å². The zero-order chi connectivity index (χ0) is 14.9. The molecule has 20 heavy (non-hydrogen) atoms. The molecule has 0 amide bonds. The van der Waals surface area contributed by atoms with Gasteiger partial charge in [-0.2, -0.15) is 0 Å². The highest BCUT2D eigenvalue weighted by molar-refractivity contribution is 6.08. The van der Waals surface area contributed by atoms with E-state index in [9.17, 15) is 4.79 Å². The van der Waals surface area contributed by atoms with E-state index in [4.69, 9.17) is 4.74 Å². The Bertz CT molecular complexity index is 640. The molecule has 2 rings (SSSR count). The molecule has 1 heterocycles. The highest BCUT2D eigenvalue weighted by atomic mass is 16.5. The first kappa shape index (κ1) is 14.6. The normalized spacial score (nSPS) is 12.7. The summed E-state index contributed by atoms with van der Waals surface area (Å²) in [5, 5.41) is 0.998. The van der Waals surface area contributed by atoms with Crippen LogP contribution >= 0.6 is 0 Å². The molecule has 0 aliphatic carbocycles. The summed E-state index contributed by atoms with van der Waals surface area (Å²) >= 11 is 0. The monoisotopic (exact) mass is 273 g/mol. The molecule has 0 fully saturated rings. The number of carbonyl (C=O) groups excluding carboxylic acids is 1. The Morgan fingerprint density at radius 3 is 2.60 bits per heavy atom. The van der Waals surface area contributed by atoms with Gasteiger partial charge in [0.05, 0.1) is 6.10 Å². The van der Waals surface area contributed by atoms with Gasteiger partial charge in [0.25, 0.3) is 0 Å². The molecule has 3 heteroatoms. The first-order valence-electron chi connectivity index (χ1n) is 7.30. The van der Waals surface area contributed by atoms with Gasteiger partial charge in [-0.05, 0) is 52.3 Å². The topological polar surface area (TPSA) is 31.2 Å². The first-order valence-corrected chi connectivity index (χ1v) is 7.30. The number of aromatic nitrogens is 1. The number of carbonyl (C=O) groups is 1. The Morgan fingerprint density at radius 2 is 2.05 bits per heavy atom. The van der Waals surface area contributed by atoms with E-state index in [2.05, 4.69) is 31.4 Å². The molecule has 0 aliphatic rings. The Kier molecular flexibility index (Phi) is 4.17. The number of ketones is 1. The van der Waals surface area contributed by atoms with E-state index in [0.29, 0.717) is 0 Å². The lowest BCUT2D eigenvalue weighted by atomic mass is 10.1. The van der Waals surface area contributed by atoms with Gasteiger partial charge in [-0.15, -0.1) is 0 Å². The van der Waals surface area contributed by atoms with Crippen molar-refractivity contribution in [3.63, 3.8) is 0 Å². The molecule has 108 valence electrons. The van der Waals surface area contributed by atoms with E-state index in [-0.39, 0.29) is 11.9 Å². The lowest BCUT2D eigenvalue weighted by Gasteiger charge is -2.12. The van der Waals surface area contributed by atoms with Crippen molar-refractivity contribution in [1.29, 1.82) is 0 Å². The van der Waals surface area contributed by atoms with Crippen LogP contribution < -0.4 is 4.74 Å². The number of hydrogen-bond acceptors (Lipinski definition) is 2. The van der Waals surface area contributed by atoms with Gasteiger partial charge in [-0.25, -0.2) is 0 Å². The van der Waals surface area contributed by atoms with Crippen LogP contribution in [-0.2, 0) is 6.54 Å². The van der Waals surface area contributed by atoms with Crippen LogP contribution in [0.3, 0.4) is 0 Å². The molecule has 0 saturated carbocycles. The largest absolute Gasteiger partial charge is 0.491 e. The molecule has 1 aromatic carbocycles. The predicted octanol–water partition coefficient (Wildman–Crippen LogP) is 4.35. The van der Waals surface area contributed by atoms with Crippen LogP contribution in [0.5, 0.6) is 5.75 Å². The standard InChI is InChI=1S/C17H23NO2/c1-6-11(3)20-14-8-9-16-15(10-14)17(13(5)19)12(4)18(16)7-2/h8-11H,6-7H2,1-5H3/t11-/m0/s1. The maximum absolute atomic E-state index is 11.9. The van der Waals surface area contributed by atoms with Crippen molar-refractivity contribution in [3.05, 3.63) is 29.5 Å². The minimum atomic E-state index is 0.111. The Balaban J connectivity index is 2.61. The minimum Gasteiger partial charge on any atom is -0.491 e. The molecule has 2 aromatic rings. The summed E-state index contributed by atoms with van der Waals surface area (Å²) in [6.07, 6.45) is 1.15. The molecule has 0 unspecified atom stereocenters. The lowest BCUT2D eigenvalue weighted by Crippen LogP contribution is -2.09. The van der Waals surface area contributed by atoms with Crippen molar-refractivity contribution in [2.75, 3.05) is 0 Å². The van der Waals surface area contributed by atoms with Crippen molar-refractivity contribution in [1.82, 2.24) is 4.57 Å². The van der Waals surface area contributed by atoms with Crippen molar-refractivity contribution in [2.24, 2.45) is 0 Å². The van der Waals surface area contributed by atoms with Crippen molar-refractivity contribution in [2.45, 2.75) is 53.7 Å². The lowest BCUT2D eigenvalue weighted by molar-refractivity contribution is 0.101. The number of ether oxygens (including phenoxy) is 1. The van der Waals surface area contributed by atoms with E-state index in [1.807, 2.05) is 19.1 Å². The van der Waals surface area contributed by atoms with Crippen LogP contribution in [-0.4, -0.2) is 16.5 Å². The van der Waals surface area contributed by atoms with Crippen LogP contribution in [0.25, 0.3) is 10.9 Å². The zero-order valence-electron chi connectivity index (χ0n) is 13.0. The molecule has 1 atom stereocenters. The second-order valence-corrected chi connectivity index (χ2v) is 5.28. The predicted molar refractivity (Wildman–Crippen MR) is 82.7 cm³/mol. The van der Waals surface area contributed by atoms with Crippen molar-refractivity contribution in [3.8, 4) is 5.75 Å². The fraction of sp³-hybridized carbons (Fsp3) is 0.471. The molecule has 0 radical (unpaired) electrons. The maximum Gasteiger partial charge on any atom is 0.162 e. The number of benzene rings is 1. The first-order chi connectivity index (χ1) is 9.49. The van der Waals surface area contributed by atoms with Crippen LogP contribution in [0.4, 0.5) is 0 Å². The van der Waals surface area contributed by atoms with Gasteiger partial charge in [0.2, 0.25) is 0 Å². The third kappa shape index (κ3) is 2.45. The summed E-state index contributed by atoms with van der Waals surface area (Å²) < 4.78 is 8.05. The molecular weight excluding hydrogens is 250 g/mol. The maximum atomic E-state index is 11.9. The van der Waals surface area contributed by atoms with Gasteiger partial charge in [-0.1, -0.05) is 6.92 Å². The summed E-state index contributed by atoms with van der Waals surface area (Å²) in [7, 11) is 0. The van der Waals surface area contributed by atoms with Gasteiger partial charge in [0.1, 0.15) is 5.75 Å². The van der Waals surface area contributed by atoms with E-state index >= 15 is 0 Å². The van der Waals surface area contributed by atoms with Gasteiger partial charge < -0.3 is 9.30 Å². The molecule has 0 saturated heterocycles. The molecule has 3 nitrogen and oxygen atoms in total. The molecule has 0 bridgehead atoms. The van der Waals surface area contributed by atoms with Crippen LogP contribution in [0, 0.1) is 6.92 Å². The van der Waals surface area contributed by atoms with Gasteiger partial charge in [-0.3, -0.25) is 4.79 Å². The summed E-state index contributed by atoms with van der Waals surface area (Å²) in [6, 6.07) is 6.04. The fourth-order valence-electron chi connectivity index (χ4n) is 2.70. The number of nitrogens with zero attached hydrogens (tertiary/aromatic N) is 1. The molecular formula is C17H23NO2. The summed E-state index contributed by atoms with van der Waals surface area (Å²) in [6.45, 7) is 10.8. The Hall–Kier alpha value is -1.77. The highest BCUT2D eigenvalue weighted by Crippen LogP contribution is 2.30. The minimum absolute atomic E-state index is 0.111. The van der Waals surface area contributed by atoms with Gasteiger partial charge >= 0.3 is 0 Å². The highest BCUT2D eigenvalue weighted by Gasteiger charge is 2.17. The number of fused-ring (bicyclic) bond motifs is 1. The van der Waals surface area contributed by atoms with Gasteiger partial charge in [0.15, 0.2) is 5.78 Å².